The van der Waals surface area contributed by atoms with Crippen molar-refractivity contribution in [3.63, 3.8) is 0 Å². The normalized spacial score (nSPS) is 10.7. The van der Waals surface area contributed by atoms with Gasteiger partial charge in [-0.15, -0.1) is 10.2 Å². The van der Waals surface area contributed by atoms with E-state index in [-0.39, 0.29) is 0 Å². The summed E-state index contributed by atoms with van der Waals surface area (Å²) in [5, 5.41) is 8.30. The largest absolute Gasteiger partial charge is 0.493 e. The van der Waals surface area contributed by atoms with Crippen LogP contribution in [0.5, 0.6) is 5.75 Å². The highest BCUT2D eigenvalue weighted by Crippen LogP contribution is 2.28. The molecule has 6 heteroatoms. The van der Waals surface area contributed by atoms with E-state index in [4.69, 9.17) is 4.74 Å². The zero-order chi connectivity index (χ0) is 14.2. The zero-order valence-corrected chi connectivity index (χ0v) is 14.1. The second kappa shape index (κ2) is 8.54. The predicted molar refractivity (Wildman–Crippen MR) is 88.3 cm³/mol. The Kier molecular flexibility index (Phi) is 6.69. The van der Waals surface area contributed by atoms with Crippen molar-refractivity contribution >= 4 is 34.9 Å². The summed E-state index contributed by atoms with van der Waals surface area (Å²) < 4.78 is 7.82. The van der Waals surface area contributed by atoms with E-state index in [2.05, 4.69) is 36.2 Å². The fraction of sp³-hybridized carbons (Fsp3) is 0.429. The van der Waals surface area contributed by atoms with Crippen molar-refractivity contribution in [2.24, 2.45) is 0 Å². The van der Waals surface area contributed by atoms with Crippen LogP contribution in [0.15, 0.2) is 32.9 Å². The van der Waals surface area contributed by atoms with Crippen molar-refractivity contribution < 1.29 is 4.74 Å². The van der Waals surface area contributed by atoms with Crippen LogP contribution in [0.25, 0.3) is 0 Å². The van der Waals surface area contributed by atoms with Crippen LogP contribution in [0.1, 0.15) is 19.4 Å². The molecule has 2 aromatic rings. The maximum atomic E-state index is 5.75. The average molecular weight is 327 g/mol. The summed E-state index contributed by atoms with van der Waals surface area (Å²) in [6.45, 7) is 4.96. The molecule has 3 nitrogen and oxygen atoms in total. The quantitative estimate of drug-likeness (QED) is 0.531. The Morgan fingerprint density at radius 2 is 1.95 bits per heavy atom. The van der Waals surface area contributed by atoms with Gasteiger partial charge in [0.2, 0.25) is 0 Å². The van der Waals surface area contributed by atoms with E-state index >= 15 is 0 Å². The van der Waals surface area contributed by atoms with Gasteiger partial charge in [0.15, 0.2) is 8.68 Å². The van der Waals surface area contributed by atoms with Crippen molar-refractivity contribution in [1.29, 1.82) is 0 Å². The molecule has 0 amide bonds. The molecule has 0 N–H and O–H groups in total. The molecule has 1 aromatic carbocycles. The molecule has 20 heavy (non-hydrogen) atoms. The van der Waals surface area contributed by atoms with E-state index in [1.165, 1.54) is 5.56 Å². The van der Waals surface area contributed by atoms with Crippen LogP contribution in [0.2, 0.25) is 0 Å². The van der Waals surface area contributed by atoms with E-state index in [1.54, 1.807) is 34.9 Å². The van der Waals surface area contributed by atoms with Gasteiger partial charge >= 0.3 is 0 Å². The summed E-state index contributed by atoms with van der Waals surface area (Å²) in [6, 6.07) is 8.27. The third-order valence-electron chi connectivity index (χ3n) is 2.54. The smallest absolute Gasteiger partial charge is 0.175 e. The lowest BCUT2D eigenvalue weighted by Crippen LogP contribution is -2.00. The topological polar surface area (TPSA) is 35.0 Å². The number of aryl methyl sites for hydroxylation is 1. The highest BCUT2D eigenvalue weighted by molar-refractivity contribution is 8.03. The van der Waals surface area contributed by atoms with Gasteiger partial charge in [0.1, 0.15) is 5.75 Å². The Balaban J connectivity index is 1.72. The Labute approximate surface area is 132 Å². The second-order valence-corrected chi connectivity index (χ2v) is 7.80. The molecule has 108 valence electrons. The SMILES string of the molecule is CCSc1nnc(SCCOc2cccc(CC)c2)s1. The van der Waals surface area contributed by atoms with Crippen LogP contribution in [0.4, 0.5) is 0 Å². The maximum Gasteiger partial charge on any atom is 0.175 e. The lowest BCUT2D eigenvalue weighted by atomic mass is 10.2. The van der Waals surface area contributed by atoms with Crippen molar-refractivity contribution in [1.82, 2.24) is 10.2 Å². The highest BCUT2D eigenvalue weighted by Gasteiger charge is 2.04. The van der Waals surface area contributed by atoms with Gasteiger partial charge in [0.05, 0.1) is 6.61 Å². The lowest BCUT2D eigenvalue weighted by molar-refractivity contribution is 0.343. The molecular formula is C14H18N2OS3. The standard InChI is InChI=1S/C14H18N2OS3/c1-3-11-6-5-7-12(10-11)17-8-9-19-14-16-15-13(20-14)18-4-2/h5-7,10H,3-4,8-9H2,1-2H3. The van der Waals surface area contributed by atoms with E-state index in [0.717, 1.165) is 32.4 Å². The molecule has 0 aliphatic carbocycles. The van der Waals surface area contributed by atoms with Crippen LogP contribution < -0.4 is 4.74 Å². The van der Waals surface area contributed by atoms with Crippen LogP contribution in [-0.2, 0) is 6.42 Å². The van der Waals surface area contributed by atoms with Crippen molar-refractivity contribution in [3.8, 4) is 5.75 Å². The number of aromatic nitrogens is 2. The number of benzene rings is 1. The van der Waals surface area contributed by atoms with E-state index < -0.39 is 0 Å². The number of ether oxygens (including phenoxy) is 1. The summed E-state index contributed by atoms with van der Waals surface area (Å²) in [4.78, 5) is 0. The number of hydrogen-bond donors (Lipinski definition) is 0. The second-order valence-electron chi connectivity index (χ2n) is 3.96. The first kappa shape index (κ1) is 15.7. The molecule has 0 fully saturated rings. The number of nitrogens with zero attached hydrogens (tertiary/aromatic N) is 2. The maximum absolute atomic E-state index is 5.75. The van der Waals surface area contributed by atoms with Crippen LogP contribution in [-0.4, -0.2) is 28.3 Å². The van der Waals surface area contributed by atoms with Crippen molar-refractivity contribution in [2.75, 3.05) is 18.1 Å². The lowest BCUT2D eigenvalue weighted by Gasteiger charge is -2.06. The van der Waals surface area contributed by atoms with Gasteiger partial charge in [-0.2, -0.15) is 0 Å². The predicted octanol–water partition coefficient (Wildman–Crippen LogP) is 4.38. The molecule has 0 atom stereocenters. The Hall–Kier alpha value is -0.720. The summed E-state index contributed by atoms with van der Waals surface area (Å²) in [7, 11) is 0. The molecule has 0 bridgehead atoms. The first-order valence-electron chi connectivity index (χ1n) is 6.62. The van der Waals surface area contributed by atoms with Gasteiger partial charge in [-0.05, 0) is 29.9 Å². The van der Waals surface area contributed by atoms with Gasteiger partial charge in [-0.3, -0.25) is 0 Å². The minimum absolute atomic E-state index is 0.688. The number of thioether (sulfide) groups is 2. The molecule has 0 saturated heterocycles. The molecule has 0 spiro atoms. The summed E-state index contributed by atoms with van der Waals surface area (Å²) >= 11 is 5.10. The fourth-order valence-corrected chi connectivity index (χ4v) is 4.39. The zero-order valence-electron chi connectivity index (χ0n) is 11.7. The molecular weight excluding hydrogens is 308 g/mol. The number of hydrogen-bond acceptors (Lipinski definition) is 6. The molecule has 0 radical (unpaired) electrons. The first-order valence-corrected chi connectivity index (χ1v) is 9.41. The highest BCUT2D eigenvalue weighted by atomic mass is 32.2. The number of rotatable bonds is 8. The van der Waals surface area contributed by atoms with Crippen molar-refractivity contribution in [2.45, 2.75) is 28.9 Å². The summed E-state index contributed by atoms with van der Waals surface area (Å²) in [5.74, 6) is 2.88. The molecule has 0 aliphatic rings. The van der Waals surface area contributed by atoms with Crippen LogP contribution >= 0.6 is 34.9 Å². The van der Waals surface area contributed by atoms with Crippen LogP contribution in [0, 0.1) is 0 Å². The summed E-state index contributed by atoms with van der Waals surface area (Å²) in [5.41, 5.74) is 1.31. The van der Waals surface area contributed by atoms with Gasteiger partial charge in [-0.1, -0.05) is 60.8 Å². The average Bonchev–Trinajstić information content (AvgIpc) is 2.92. The molecule has 1 aromatic heterocycles. The van der Waals surface area contributed by atoms with Gasteiger partial charge < -0.3 is 4.74 Å². The monoisotopic (exact) mass is 326 g/mol. The fourth-order valence-electron chi connectivity index (χ4n) is 1.58. The molecule has 0 unspecified atom stereocenters. The molecule has 1 heterocycles. The Bertz CT molecular complexity index is 531. The van der Waals surface area contributed by atoms with Gasteiger partial charge in [0, 0.05) is 5.75 Å². The Morgan fingerprint density at radius 1 is 1.15 bits per heavy atom. The first-order chi connectivity index (χ1) is 9.81. The third-order valence-corrected chi connectivity index (χ3v) is 5.58. The Morgan fingerprint density at radius 3 is 2.70 bits per heavy atom. The van der Waals surface area contributed by atoms with E-state index in [9.17, 15) is 0 Å². The van der Waals surface area contributed by atoms with E-state index in [1.807, 2.05) is 12.1 Å². The molecule has 0 saturated carbocycles. The van der Waals surface area contributed by atoms with Gasteiger partial charge in [-0.25, -0.2) is 0 Å². The van der Waals surface area contributed by atoms with E-state index in [0.29, 0.717) is 6.61 Å². The van der Waals surface area contributed by atoms with Crippen molar-refractivity contribution in [3.05, 3.63) is 29.8 Å². The third kappa shape index (κ3) is 5.00. The van der Waals surface area contributed by atoms with Crippen LogP contribution in [0.3, 0.4) is 0 Å². The molecule has 2 rings (SSSR count). The minimum atomic E-state index is 0.688. The van der Waals surface area contributed by atoms with Gasteiger partial charge in [0.25, 0.3) is 0 Å². The molecule has 0 aliphatic heterocycles. The minimum Gasteiger partial charge on any atom is -0.493 e. The summed E-state index contributed by atoms with van der Waals surface area (Å²) in [6.07, 6.45) is 1.04.